The molecule has 0 saturated carbocycles. The maximum absolute atomic E-state index is 6.01. The van der Waals surface area contributed by atoms with E-state index in [-0.39, 0.29) is 18.5 Å². The average Bonchev–Trinajstić information content (AvgIpc) is 2.54. The molecule has 0 aromatic heterocycles. The Morgan fingerprint density at radius 2 is 1.48 bits per heavy atom. The summed E-state index contributed by atoms with van der Waals surface area (Å²) in [6, 6.07) is 22.2. The number of nitrogens with two attached hydrogens (primary N) is 1. The topological polar surface area (TPSA) is 25.8 Å². The van der Waals surface area contributed by atoms with Gasteiger partial charge in [-0.05, 0) is 31.9 Å². The molecule has 3 unspecified atom stereocenters. The number of hydrogen-bond donors (Lipinski definition) is 1. The molecule has 2 nitrogen and oxygen atoms in total. The van der Waals surface area contributed by atoms with Crippen molar-refractivity contribution in [3.05, 3.63) is 71.8 Å². The number of ether oxygens (including phenoxy) is 1. The quantitative estimate of drug-likeness (QED) is 0.741. The normalized spacial score (nSPS) is 14.6. The molecule has 0 spiro atoms. The van der Waals surface area contributed by atoms with Crippen molar-refractivity contribution in [3.8, 4) is 0 Å². The largest absolute Gasteiger partial charge is 1.00 e. The Hall–Kier alpha value is -1.35. The smallest absolute Gasteiger partial charge is 0.134 e. The zero-order valence-electron chi connectivity index (χ0n) is 14.3. The number of halogens is 1. The van der Waals surface area contributed by atoms with E-state index < -0.39 is 0 Å². The summed E-state index contributed by atoms with van der Waals surface area (Å²) in [5.74, 6) is 0. The zero-order chi connectivity index (χ0) is 15.8. The monoisotopic (exact) mass is 333 g/mol. The van der Waals surface area contributed by atoms with Gasteiger partial charge in [0.05, 0.1) is 6.04 Å². The summed E-state index contributed by atoms with van der Waals surface area (Å²) in [5.41, 5.74) is 2.66. The lowest BCUT2D eigenvalue weighted by molar-refractivity contribution is -0.723. The van der Waals surface area contributed by atoms with E-state index >= 15 is 0 Å². The van der Waals surface area contributed by atoms with E-state index in [4.69, 9.17) is 4.74 Å². The molecule has 2 N–H and O–H groups in total. The predicted molar refractivity (Wildman–Crippen MR) is 91.8 cm³/mol. The van der Waals surface area contributed by atoms with Crippen LogP contribution < -0.4 is 17.7 Å². The van der Waals surface area contributed by atoms with Crippen molar-refractivity contribution < 1.29 is 22.5 Å². The summed E-state index contributed by atoms with van der Waals surface area (Å²) in [6.45, 7) is 7.35. The second-order valence-electron chi connectivity index (χ2n) is 6.01. The molecule has 2 aromatic rings. The van der Waals surface area contributed by atoms with E-state index in [9.17, 15) is 0 Å². The number of benzene rings is 2. The standard InChI is InChI=1S/C20H27NO.ClH/c1-4-22-20(19-13-9-6-10-14-19)17(3)21-16(2)15-18-11-7-5-8-12-18;/h5-14,16-17,20-21H,4,15H2,1-3H3;1H. The summed E-state index contributed by atoms with van der Waals surface area (Å²) in [5, 5.41) is 2.43. The van der Waals surface area contributed by atoms with Gasteiger partial charge >= 0.3 is 0 Å². The molecule has 2 aromatic carbocycles. The Balaban J connectivity index is 0.00000264. The summed E-state index contributed by atoms with van der Waals surface area (Å²) in [4.78, 5) is 0. The second-order valence-corrected chi connectivity index (χ2v) is 6.01. The Bertz CT molecular complexity index is 532. The van der Waals surface area contributed by atoms with E-state index in [1.54, 1.807) is 0 Å². The first-order valence-corrected chi connectivity index (χ1v) is 8.26. The first-order valence-electron chi connectivity index (χ1n) is 8.26. The van der Waals surface area contributed by atoms with Gasteiger partial charge in [0, 0.05) is 13.0 Å². The van der Waals surface area contributed by atoms with Crippen LogP contribution in [0.2, 0.25) is 0 Å². The Kier molecular flexibility index (Phi) is 8.93. The number of rotatable bonds is 8. The van der Waals surface area contributed by atoms with E-state index in [2.05, 4.69) is 86.8 Å². The van der Waals surface area contributed by atoms with Crippen LogP contribution >= 0.6 is 0 Å². The highest BCUT2D eigenvalue weighted by Crippen LogP contribution is 2.19. The van der Waals surface area contributed by atoms with Gasteiger partial charge in [-0.25, -0.2) is 0 Å². The predicted octanol–water partition coefficient (Wildman–Crippen LogP) is 0.351. The second kappa shape index (κ2) is 10.4. The Morgan fingerprint density at radius 1 is 0.913 bits per heavy atom. The van der Waals surface area contributed by atoms with Gasteiger partial charge in [0.1, 0.15) is 12.1 Å². The van der Waals surface area contributed by atoms with Crippen molar-refractivity contribution in [2.75, 3.05) is 6.61 Å². The van der Waals surface area contributed by atoms with Crippen LogP contribution in [0.4, 0.5) is 0 Å². The summed E-state index contributed by atoms with van der Waals surface area (Å²) < 4.78 is 6.01. The molecule has 0 heterocycles. The van der Waals surface area contributed by atoms with Gasteiger partial charge in [0.15, 0.2) is 0 Å². The van der Waals surface area contributed by atoms with Crippen LogP contribution in [0.3, 0.4) is 0 Å². The summed E-state index contributed by atoms with van der Waals surface area (Å²) in [7, 11) is 0. The van der Waals surface area contributed by atoms with E-state index in [0.717, 1.165) is 13.0 Å². The van der Waals surface area contributed by atoms with Crippen molar-refractivity contribution in [1.29, 1.82) is 0 Å². The fraction of sp³-hybridized carbons (Fsp3) is 0.400. The summed E-state index contributed by atoms with van der Waals surface area (Å²) in [6.07, 6.45) is 1.23. The van der Waals surface area contributed by atoms with Crippen LogP contribution in [0.25, 0.3) is 0 Å². The highest BCUT2D eigenvalue weighted by Gasteiger charge is 2.24. The van der Waals surface area contributed by atoms with Gasteiger partial charge in [0.25, 0.3) is 0 Å². The van der Waals surface area contributed by atoms with Gasteiger partial charge in [0.2, 0.25) is 0 Å². The molecule has 126 valence electrons. The molecule has 0 aliphatic rings. The fourth-order valence-corrected chi connectivity index (χ4v) is 3.05. The minimum absolute atomic E-state index is 0. The molecule has 0 amide bonds. The van der Waals surface area contributed by atoms with Crippen molar-refractivity contribution in [1.82, 2.24) is 0 Å². The van der Waals surface area contributed by atoms with Crippen molar-refractivity contribution >= 4 is 0 Å². The van der Waals surface area contributed by atoms with Crippen molar-refractivity contribution in [3.63, 3.8) is 0 Å². The van der Waals surface area contributed by atoms with Gasteiger partial charge in [-0.3, -0.25) is 0 Å². The highest BCUT2D eigenvalue weighted by molar-refractivity contribution is 5.18. The Morgan fingerprint density at radius 3 is 2.04 bits per heavy atom. The lowest BCUT2D eigenvalue weighted by Gasteiger charge is -2.25. The SMILES string of the molecule is CCOC(c1ccccc1)C(C)[NH2+]C(C)Cc1ccccc1.[Cl-]. The van der Waals surface area contributed by atoms with Crippen LogP contribution in [0.1, 0.15) is 38.0 Å². The molecule has 0 aliphatic carbocycles. The van der Waals surface area contributed by atoms with Gasteiger partial charge in [-0.15, -0.1) is 0 Å². The third-order valence-electron chi connectivity index (χ3n) is 3.98. The molecular weight excluding hydrogens is 306 g/mol. The average molecular weight is 334 g/mol. The lowest BCUT2D eigenvalue weighted by Crippen LogP contribution is -3.00. The van der Waals surface area contributed by atoms with E-state index in [1.165, 1.54) is 11.1 Å². The third-order valence-corrected chi connectivity index (χ3v) is 3.98. The maximum Gasteiger partial charge on any atom is 0.134 e. The first kappa shape index (κ1) is 19.7. The van der Waals surface area contributed by atoms with Gasteiger partial charge < -0.3 is 22.5 Å². The minimum atomic E-state index is 0. The van der Waals surface area contributed by atoms with Gasteiger partial charge in [-0.2, -0.15) is 0 Å². The molecule has 0 saturated heterocycles. The molecule has 3 heteroatoms. The Labute approximate surface area is 146 Å². The van der Waals surface area contributed by atoms with Gasteiger partial charge in [-0.1, -0.05) is 60.7 Å². The molecule has 3 atom stereocenters. The third kappa shape index (κ3) is 6.34. The number of hydrogen-bond acceptors (Lipinski definition) is 1. The molecule has 0 radical (unpaired) electrons. The van der Waals surface area contributed by atoms with Crippen LogP contribution in [0, 0.1) is 0 Å². The zero-order valence-corrected chi connectivity index (χ0v) is 15.0. The van der Waals surface area contributed by atoms with Crippen LogP contribution in [0.5, 0.6) is 0 Å². The fourth-order valence-electron chi connectivity index (χ4n) is 3.05. The number of quaternary nitrogens is 1. The van der Waals surface area contributed by atoms with Crippen molar-refractivity contribution in [2.24, 2.45) is 0 Å². The highest BCUT2D eigenvalue weighted by atomic mass is 35.5. The van der Waals surface area contributed by atoms with Crippen LogP contribution in [-0.2, 0) is 11.2 Å². The maximum atomic E-state index is 6.01. The van der Waals surface area contributed by atoms with Crippen LogP contribution in [-0.4, -0.2) is 18.7 Å². The molecular formula is C20H28ClNO. The minimum Gasteiger partial charge on any atom is -1.00 e. The molecule has 0 aliphatic heterocycles. The lowest BCUT2D eigenvalue weighted by atomic mass is 10.0. The molecule has 23 heavy (non-hydrogen) atoms. The van der Waals surface area contributed by atoms with Crippen molar-refractivity contribution in [2.45, 2.75) is 45.4 Å². The molecule has 0 bridgehead atoms. The van der Waals surface area contributed by atoms with Crippen LogP contribution in [0.15, 0.2) is 60.7 Å². The van der Waals surface area contributed by atoms with E-state index in [0.29, 0.717) is 12.1 Å². The summed E-state index contributed by atoms with van der Waals surface area (Å²) >= 11 is 0. The molecule has 0 fully saturated rings. The first-order chi connectivity index (χ1) is 10.7. The van der Waals surface area contributed by atoms with E-state index in [1.807, 2.05) is 0 Å². The molecule has 2 rings (SSSR count).